The normalized spacial score (nSPS) is 22.9. The summed E-state index contributed by atoms with van der Waals surface area (Å²) in [6, 6.07) is 5.27. The van der Waals surface area contributed by atoms with E-state index in [2.05, 4.69) is 15.5 Å². The first-order valence-electron chi connectivity index (χ1n) is 8.75. The number of hydrogen-bond acceptors (Lipinski definition) is 6. The summed E-state index contributed by atoms with van der Waals surface area (Å²) in [7, 11) is 0. The number of amides is 1. The number of carbonyl (C=O) groups is 1. The van der Waals surface area contributed by atoms with Gasteiger partial charge in [0.25, 0.3) is 5.91 Å². The molecule has 2 atom stereocenters. The highest BCUT2D eigenvalue weighted by atomic mass is 16.5. The summed E-state index contributed by atoms with van der Waals surface area (Å²) < 4.78 is 16.8. The fourth-order valence-corrected chi connectivity index (χ4v) is 3.37. The molecule has 2 aromatic rings. The molecule has 0 bridgehead atoms. The second-order valence-electron chi connectivity index (χ2n) is 6.41. The molecule has 7 heteroatoms. The third kappa shape index (κ3) is 3.51. The fraction of sp³-hybridized carbons (Fsp3) is 0.500. The monoisotopic (exact) mass is 343 g/mol. The zero-order valence-corrected chi connectivity index (χ0v) is 13.9. The van der Waals surface area contributed by atoms with Crippen molar-refractivity contribution in [1.29, 1.82) is 0 Å². The molecule has 25 heavy (non-hydrogen) atoms. The van der Waals surface area contributed by atoms with E-state index >= 15 is 0 Å². The third-order valence-electron chi connectivity index (χ3n) is 4.68. The van der Waals surface area contributed by atoms with Gasteiger partial charge in [0, 0.05) is 30.7 Å². The van der Waals surface area contributed by atoms with Crippen LogP contribution in [-0.4, -0.2) is 41.4 Å². The summed E-state index contributed by atoms with van der Waals surface area (Å²) in [5.41, 5.74) is 1.35. The van der Waals surface area contributed by atoms with Gasteiger partial charge >= 0.3 is 0 Å². The van der Waals surface area contributed by atoms with Crippen LogP contribution >= 0.6 is 0 Å². The van der Waals surface area contributed by atoms with E-state index in [1.807, 2.05) is 18.2 Å². The summed E-state index contributed by atoms with van der Waals surface area (Å²) in [5, 5.41) is 6.99. The predicted molar refractivity (Wildman–Crippen MR) is 88.5 cm³/mol. The van der Waals surface area contributed by atoms with Gasteiger partial charge in [0.1, 0.15) is 11.9 Å². The maximum atomic E-state index is 12.7. The van der Waals surface area contributed by atoms with Crippen molar-refractivity contribution in [2.45, 2.75) is 44.2 Å². The Morgan fingerprint density at radius 1 is 1.28 bits per heavy atom. The molecule has 132 valence electrons. The van der Waals surface area contributed by atoms with Crippen LogP contribution in [0.2, 0.25) is 0 Å². The van der Waals surface area contributed by atoms with Gasteiger partial charge in [-0.2, -0.15) is 0 Å². The summed E-state index contributed by atoms with van der Waals surface area (Å²) in [5.74, 6) is 1.17. The summed E-state index contributed by atoms with van der Waals surface area (Å²) in [4.78, 5) is 16.9. The highest BCUT2D eigenvalue weighted by molar-refractivity contribution is 5.94. The minimum absolute atomic E-state index is 0.185. The first kappa shape index (κ1) is 16.1. The number of carbonyl (C=O) groups excluding carboxylic acids is 1. The zero-order chi connectivity index (χ0) is 17.1. The van der Waals surface area contributed by atoms with Crippen LogP contribution in [0.25, 0.3) is 0 Å². The van der Waals surface area contributed by atoms with Crippen LogP contribution in [0.5, 0.6) is 5.88 Å². The summed E-state index contributed by atoms with van der Waals surface area (Å²) in [6.07, 6.45) is 6.04. The van der Waals surface area contributed by atoms with E-state index < -0.39 is 0 Å². The number of nitrogens with zero attached hydrogens (tertiary/aromatic N) is 2. The lowest BCUT2D eigenvalue weighted by molar-refractivity contribution is -0.00460. The van der Waals surface area contributed by atoms with Gasteiger partial charge in [-0.05, 0) is 25.3 Å². The number of pyridine rings is 1. The van der Waals surface area contributed by atoms with Crippen molar-refractivity contribution in [2.75, 3.05) is 13.2 Å². The van der Waals surface area contributed by atoms with E-state index in [1.165, 1.54) is 0 Å². The third-order valence-corrected chi connectivity index (χ3v) is 4.68. The average molecular weight is 343 g/mol. The lowest BCUT2D eigenvalue weighted by Gasteiger charge is -2.31. The van der Waals surface area contributed by atoms with Crippen LogP contribution in [0, 0.1) is 0 Å². The second kappa shape index (κ2) is 7.23. The smallest absolute Gasteiger partial charge is 0.274 e. The quantitative estimate of drug-likeness (QED) is 0.913. The number of ether oxygens (including phenoxy) is 2. The topological polar surface area (TPSA) is 86.5 Å². The molecule has 0 spiro atoms. The van der Waals surface area contributed by atoms with Gasteiger partial charge in [0.2, 0.25) is 5.88 Å². The standard InChI is InChI=1S/C18H21N3O4/c22-18(17-12-5-1-2-6-14(12)25-21-17)20-13-11-23-10-8-15(13)24-16-7-3-4-9-19-16/h3-4,7,9,13,15H,1-2,5-6,8,10-11H2,(H,20,22)/t13-,15-/m1/s1. The van der Waals surface area contributed by atoms with Crippen molar-refractivity contribution in [1.82, 2.24) is 15.5 Å². The number of rotatable bonds is 4. The number of aryl methyl sites for hydroxylation is 1. The van der Waals surface area contributed by atoms with Gasteiger partial charge in [0.15, 0.2) is 5.69 Å². The molecule has 0 saturated carbocycles. The molecule has 1 fully saturated rings. The maximum absolute atomic E-state index is 12.7. The second-order valence-corrected chi connectivity index (χ2v) is 6.41. The van der Waals surface area contributed by atoms with E-state index in [1.54, 1.807) is 6.20 Å². The Morgan fingerprint density at radius 2 is 2.20 bits per heavy atom. The molecule has 7 nitrogen and oxygen atoms in total. The highest BCUT2D eigenvalue weighted by Gasteiger charge is 2.32. The molecule has 2 aromatic heterocycles. The molecule has 0 aromatic carbocycles. The van der Waals surface area contributed by atoms with Crippen molar-refractivity contribution in [3.8, 4) is 5.88 Å². The van der Waals surface area contributed by atoms with Crippen LogP contribution < -0.4 is 10.1 Å². The van der Waals surface area contributed by atoms with Crippen LogP contribution in [0.15, 0.2) is 28.9 Å². The van der Waals surface area contributed by atoms with Crippen molar-refractivity contribution >= 4 is 5.91 Å². The lowest BCUT2D eigenvalue weighted by Crippen LogP contribution is -2.52. The Labute approximate surface area is 145 Å². The van der Waals surface area contributed by atoms with E-state index in [0.29, 0.717) is 31.2 Å². The number of hydrogen-bond donors (Lipinski definition) is 1. The van der Waals surface area contributed by atoms with Gasteiger partial charge in [-0.3, -0.25) is 4.79 Å². The van der Waals surface area contributed by atoms with Gasteiger partial charge < -0.3 is 19.3 Å². The Hall–Kier alpha value is -2.41. The van der Waals surface area contributed by atoms with Gasteiger partial charge in [-0.1, -0.05) is 11.2 Å². The first-order chi connectivity index (χ1) is 12.3. The molecule has 3 heterocycles. The number of nitrogens with one attached hydrogen (secondary N) is 1. The van der Waals surface area contributed by atoms with Crippen molar-refractivity contribution < 1.29 is 18.8 Å². The van der Waals surface area contributed by atoms with Crippen molar-refractivity contribution in [3.63, 3.8) is 0 Å². The molecule has 4 rings (SSSR count). The molecule has 1 saturated heterocycles. The zero-order valence-electron chi connectivity index (χ0n) is 13.9. The molecular weight excluding hydrogens is 322 g/mol. The molecule has 1 aliphatic carbocycles. The maximum Gasteiger partial charge on any atom is 0.274 e. The minimum atomic E-state index is -0.251. The van der Waals surface area contributed by atoms with Crippen LogP contribution in [-0.2, 0) is 17.6 Å². The lowest BCUT2D eigenvalue weighted by atomic mass is 9.96. The highest BCUT2D eigenvalue weighted by Crippen LogP contribution is 2.24. The fourth-order valence-electron chi connectivity index (χ4n) is 3.37. The van der Waals surface area contributed by atoms with E-state index in [0.717, 1.165) is 37.0 Å². The molecule has 0 radical (unpaired) electrons. The van der Waals surface area contributed by atoms with Crippen molar-refractivity contribution in [3.05, 3.63) is 41.4 Å². The Kier molecular flexibility index (Phi) is 4.65. The first-order valence-corrected chi connectivity index (χ1v) is 8.75. The van der Waals surface area contributed by atoms with E-state index in [-0.39, 0.29) is 18.1 Å². The predicted octanol–water partition coefficient (Wildman–Crippen LogP) is 1.91. The molecule has 1 amide bonds. The van der Waals surface area contributed by atoms with Crippen LogP contribution in [0.1, 0.15) is 41.1 Å². The Morgan fingerprint density at radius 3 is 3.08 bits per heavy atom. The van der Waals surface area contributed by atoms with Crippen molar-refractivity contribution in [2.24, 2.45) is 0 Å². The molecule has 2 aliphatic rings. The Balaban J connectivity index is 1.46. The summed E-state index contributed by atoms with van der Waals surface area (Å²) >= 11 is 0. The van der Waals surface area contributed by atoms with Crippen LogP contribution in [0.4, 0.5) is 0 Å². The molecule has 1 aliphatic heterocycles. The average Bonchev–Trinajstić information content (AvgIpc) is 3.08. The minimum Gasteiger partial charge on any atom is -0.472 e. The summed E-state index contributed by atoms with van der Waals surface area (Å²) in [6.45, 7) is 1.01. The molecule has 0 unspecified atom stereocenters. The molecular formula is C18H21N3O4. The van der Waals surface area contributed by atoms with E-state index in [4.69, 9.17) is 14.0 Å². The number of fused-ring (bicyclic) bond motifs is 1. The van der Waals surface area contributed by atoms with Gasteiger partial charge in [-0.25, -0.2) is 4.98 Å². The largest absolute Gasteiger partial charge is 0.472 e. The van der Waals surface area contributed by atoms with Gasteiger partial charge in [0.05, 0.1) is 19.3 Å². The Bertz CT molecular complexity index is 731. The van der Waals surface area contributed by atoms with E-state index in [9.17, 15) is 4.79 Å². The van der Waals surface area contributed by atoms with Crippen LogP contribution in [0.3, 0.4) is 0 Å². The SMILES string of the molecule is O=C(N[C@@H]1COCC[C@H]1Oc1ccccn1)c1noc2c1CCCC2. The van der Waals surface area contributed by atoms with Gasteiger partial charge in [-0.15, -0.1) is 0 Å². The number of aromatic nitrogens is 2. The molecule has 1 N–H and O–H groups in total.